The van der Waals surface area contributed by atoms with Crippen molar-refractivity contribution < 1.29 is 24.2 Å². The molecule has 0 spiro atoms. The number of carbonyl (C=O) groups excluding carboxylic acids is 2. The fourth-order valence-electron chi connectivity index (χ4n) is 3.94. The average molecular weight is 573 g/mol. The lowest BCUT2D eigenvalue weighted by Gasteiger charge is -2.31. The Bertz CT molecular complexity index is 1320. The van der Waals surface area contributed by atoms with Crippen molar-refractivity contribution in [2.75, 3.05) is 46.3 Å². The van der Waals surface area contributed by atoms with Crippen LogP contribution in [0.3, 0.4) is 0 Å². The van der Waals surface area contributed by atoms with Crippen LogP contribution in [0.1, 0.15) is 38.8 Å². The summed E-state index contributed by atoms with van der Waals surface area (Å²) >= 11 is 1.02. The van der Waals surface area contributed by atoms with Crippen molar-refractivity contribution in [3.8, 4) is 5.75 Å². The third kappa shape index (κ3) is 9.27. The molecule has 218 valence electrons. The molecule has 11 heteroatoms. The number of thiazole rings is 1. The molecule has 0 aliphatic heterocycles. The highest BCUT2D eigenvalue weighted by molar-refractivity contribution is 7.16. The summed E-state index contributed by atoms with van der Waals surface area (Å²) < 4.78 is 11.9. The second-order valence-corrected chi connectivity index (χ2v) is 11.6. The maximum absolute atomic E-state index is 13.3. The number of aromatic nitrogens is 1. The number of nitrogens with zero attached hydrogens (tertiary/aromatic N) is 3. The first-order valence-electron chi connectivity index (χ1n) is 13.4. The van der Waals surface area contributed by atoms with Crippen molar-refractivity contribution in [1.82, 2.24) is 19.7 Å². The zero-order valence-electron chi connectivity index (χ0n) is 23.9. The minimum absolute atomic E-state index is 0.00118. The maximum atomic E-state index is 13.3. The minimum atomic E-state index is -0.650. The molecule has 1 aromatic heterocycles. The summed E-state index contributed by atoms with van der Waals surface area (Å²) in [4.78, 5) is 45.9. The van der Waals surface area contributed by atoms with E-state index >= 15 is 0 Å². The highest BCUT2D eigenvalue weighted by Gasteiger charge is 2.24. The molecule has 0 bridgehead atoms. The standard InChI is InChI=1S/C29H40N4O6S/c1-6-31(5)16-17-33(28(37)39-29(2,3)4)19-18-32(27(36)38-20-21-10-8-7-9-11-21)15-14-22-12-13-23(34)24-25(22)40-26(35)30-24/h7-13,34H,6,14-20H2,1-5H3,(H,30,35). The molecule has 0 aliphatic rings. The van der Waals surface area contributed by atoms with E-state index in [0.29, 0.717) is 29.7 Å². The Morgan fingerprint density at radius 3 is 2.25 bits per heavy atom. The maximum Gasteiger partial charge on any atom is 0.410 e. The van der Waals surface area contributed by atoms with E-state index < -0.39 is 17.8 Å². The van der Waals surface area contributed by atoms with Crippen LogP contribution in [0.2, 0.25) is 0 Å². The van der Waals surface area contributed by atoms with Gasteiger partial charge in [0.25, 0.3) is 0 Å². The van der Waals surface area contributed by atoms with E-state index in [1.165, 1.54) is 6.07 Å². The molecule has 0 saturated carbocycles. The first-order chi connectivity index (χ1) is 19.0. The predicted molar refractivity (Wildman–Crippen MR) is 157 cm³/mol. The molecule has 40 heavy (non-hydrogen) atoms. The number of carbonyl (C=O) groups is 2. The first-order valence-corrected chi connectivity index (χ1v) is 14.2. The van der Waals surface area contributed by atoms with E-state index in [9.17, 15) is 19.5 Å². The summed E-state index contributed by atoms with van der Waals surface area (Å²) in [6.07, 6.45) is -0.515. The zero-order chi connectivity index (χ0) is 29.3. The number of fused-ring (bicyclic) bond motifs is 1. The normalized spacial score (nSPS) is 11.6. The predicted octanol–water partition coefficient (Wildman–Crippen LogP) is 4.67. The minimum Gasteiger partial charge on any atom is -0.506 e. The highest BCUT2D eigenvalue weighted by Crippen LogP contribution is 2.28. The molecular weight excluding hydrogens is 532 g/mol. The van der Waals surface area contributed by atoms with Crippen LogP contribution in [0.15, 0.2) is 47.3 Å². The van der Waals surface area contributed by atoms with Gasteiger partial charge in [0, 0.05) is 32.7 Å². The first kappa shape index (κ1) is 31.0. The van der Waals surface area contributed by atoms with Gasteiger partial charge in [0.2, 0.25) is 0 Å². The molecule has 2 N–H and O–H groups in total. The van der Waals surface area contributed by atoms with E-state index in [4.69, 9.17) is 9.47 Å². The summed E-state index contributed by atoms with van der Waals surface area (Å²) in [5, 5.41) is 10.1. The molecule has 0 atom stereocenters. The Kier molecular flexibility index (Phi) is 11.0. The number of nitrogens with one attached hydrogen (secondary N) is 1. The summed E-state index contributed by atoms with van der Waals surface area (Å²) in [7, 11) is 1.98. The van der Waals surface area contributed by atoms with Crippen LogP contribution in [-0.2, 0) is 22.5 Å². The molecule has 1 heterocycles. The van der Waals surface area contributed by atoms with Gasteiger partial charge in [0.1, 0.15) is 23.5 Å². The summed E-state index contributed by atoms with van der Waals surface area (Å²) in [6.45, 7) is 10.4. The van der Waals surface area contributed by atoms with Crippen LogP contribution in [0.5, 0.6) is 5.75 Å². The van der Waals surface area contributed by atoms with E-state index in [2.05, 4.69) is 9.88 Å². The largest absolute Gasteiger partial charge is 0.506 e. The van der Waals surface area contributed by atoms with E-state index in [1.807, 2.05) is 65.1 Å². The Hall–Kier alpha value is -3.57. The van der Waals surface area contributed by atoms with E-state index in [-0.39, 0.29) is 36.9 Å². The quantitative estimate of drug-likeness (QED) is 0.324. The molecule has 0 fully saturated rings. The van der Waals surface area contributed by atoms with Crippen LogP contribution in [0, 0.1) is 0 Å². The van der Waals surface area contributed by atoms with Gasteiger partial charge in [-0.2, -0.15) is 0 Å². The Morgan fingerprint density at radius 2 is 1.60 bits per heavy atom. The number of aromatic amines is 1. The van der Waals surface area contributed by atoms with E-state index in [1.54, 1.807) is 15.9 Å². The monoisotopic (exact) mass is 572 g/mol. The number of aromatic hydroxyl groups is 1. The number of phenols is 1. The third-order valence-electron chi connectivity index (χ3n) is 6.34. The second kappa shape index (κ2) is 14.2. The van der Waals surface area contributed by atoms with Crippen LogP contribution in [0.4, 0.5) is 9.59 Å². The number of rotatable bonds is 12. The molecule has 3 rings (SSSR count). The number of ether oxygens (including phenoxy) is 2. The number of H-pyrrole nitrogens is 1. The lowest BCUT2D eigenvalue weighted by molar-refractivity contribution is 0.0211. The van der Waals surface area contributed by atoms with Crippen LogP contribution >= 0.6 is 11.3 Å². The number of hydrogen-bond donors (Lipinski definition) is 2. The van der Waals surface area contributed by atoms with Crippen molar-refractivity contribution in [3.63, 3.8) is 0 Å². The van der Waals surface area contributed by atoms with Gasteiger partial charge in [0.05, 0.1) is 4.70 Å². The van der Waals surface area contributed by atoms with Gasteiger partial charge in [-0.15, -0.1) is 0 Å². The van der Waals surface area contributed by atoms with Crippen molar-refractivity contribution in [3.05, 3.63) is 63.3 Å². The van der Waals surface area contributed by atoms with Gasteiger partial charge in [-0.3, -0.25) is 4.79 Å². The second-order valence-electron chi connectivity index (χ2n) is 10.6. The molecule has 0 saturated heterocycles. The Balaban J connectivity index is 1.77. The molecule has 10 nitrogen and oxygen atoms in total. The van der Waals surface area contributed by atoms with Gasteiger partial charge in [-0.05, 0) is 58.0 Å². The van der Waals surface area contributed by atoms with Crippen molar-refractivity contribution in [2.45, 2.75) is 46.3 Å². The number of hydrogen-bond acceptors (Lipinski definition) is 8. The zero-order valence-corrected chi connectivity index (χ0v) is 24.8. The van der Waals surface area contributed by atoms with Gasteiger partial charge in [-0.1, -0.05) is 54.7 Å². The molecule has 0 unspecified atom stereocenters. The Labute approximate surface area is 239 Å². The van der Waals surface area contributed by atoms with Crippen molar-refractivity contribution >= 4 is 33.7 Å². The fraction of sp³-hybridized carbons (Fsp3) is 0.483. The molecule has 0 radical (unpaired) electrons. The van der Waals surface area contributed by atoms with Gasteiger partial charge < -0.3 is 34.3 Å². The van der Waals surface area contributed by atoms with Crippen LogP contribution in [-0.4, -0.2) is 88.9 Å². The summed E-state index contributed by atoms with van der Waals surface area (Å²) in [5.41, 5.74) is 1.43. The topological polar surface area (TPSA) is 115 Å². The Morgan fingerprint density at radius 1 is 0.950 bits per heavy atom. The molecule has 3 aromatic rings. The summed E-state index contributed by atoms with van der Waals surface area (Å²) in [6, 6.07) is 12.7. The van der Waals surface area contributed by atoms with Gasteiger partial charge in [-0.25, -0.2) is 9.59 Å². The van der Waals surface area contributed by atoms with Crippen LogP contribution in [0.25, 0.3) is 10.2 Å². The fourth-order valence-corrected chi connectivity index (χ4v) is 4.84. The van der Waals surface area contributed by atoms with E-state index in [0.717, 1.165) is 29.0 Å². The number of benzene rings is 2. The smallest absolute Gasteiger partial charge is 0.410 e. The molecule has 2 amide bonds. The van der Waals surface area contributed by atoms with Crippen LogP contribution < -0.4 is 4.87 Å². The van der Waals surface area contributed by atoms with Crippen molar-refractivity contribution in [2.24, 2.45) is 0 Å². The van der Waals surface area contributed by atoms with Crippen molar-refractivity contribution in [1.29, 1.82) is 0 Å². The molecule has 0 aliphatic carbocycles. The number of amides is 2. The lowest BCUT2D eigenvalue weighted by Crippen LogP contribution is -2.46. The highest BCUT2D eigenvalue weighted by atomic mass is 32.1. The third-order valence-corrected chi connectivity index (χ3v) is 7.29. The number of likely N-dealkylation sites (N-methyl/N-ethyl adjacent to an activating group) is 1. The lowest BCUT2D eigenvalue weighted by atomic mass is 10.1. The van der Waals surface area contributed by atoms with Gasteiger partial charge in [0.15, 0.2) is 0 Å². The SMILES string of the molecule is CCN(C)CCN(CCN(CCc1ccc(O)c2[nH]c(=O)sc12)C(=O)OCc1ccccc1)C(=O)OC(C)(C)C. The molecule has 2 aromatic carbocycles. The summed E-state index contributed by atoms with van der Waals surface area (Å²) in [5.74, 6) is 0.00118. The average Bonchev–Trinajstić information content (AvgIpc) is 3.31. The molecular formula is C29H40N4O6S. The van der Waals surface area contributed by atoms with Gasteiger partial charge >= 0.3 is 17.1 Å². The number of phenolic OH excluding ortho intramolecular Hbond substituents is 1.